The van der Waals surface area contributed by atoms with Gasteiger partial charge in [-0.2, -0.15) is 0 Å². The van der Waals surface area contributed by atoms with Crippen LogP contribution in [0.1, 0.15) is 62.3 Å². The maximum absolute atomic E-state index is 8.31. The van der Waals surface area contributed by atoms with Crippen LogP contribution in [-0.4, -0.2) is 24.1 Å². The molecule has 0 unspecified atom stereocenters. The minimum Gasteiger partial charge on any atom is -0.656 e. The summed E-state index contributed by atoms with van der Waals surface area (Å²) in [4.78, 5) is 20.3. The zero-order valence-electron chi connectivity index (χ0n) is 42.5. The van der Waals surface area contributed by atoms with Gasteiger partial charge in [0.25, 0.3) is 0 Å². The molecule has 0 fully saturated rings. The molecule has 0 aliphatic heterocycles. The van der Waals surface area contributed by atoms with E-state index in [4.69, 9.17) is 23.5 Å². The van der Waals surface area contributed by atoms with Gasteiger partial charge in [-0.05, 0) is 116 Å². The molecule has 0 N–H and O–H groups in total. The van der Waals surface area contributed by atoms with Gasteiger partial charge < -0.3 is 14.0 Å². The molecule has 13 rings (SSSR count). The third-order valence-corrected chi connectivity index (χ3v) is 13.9. The third-order valence-electron chi connectivity index (χ3n) is 13.9. The Labute approximate surface area is 424 Å². The average molecular weight is 1090 g/mol. The first-order valence-electron chi connectivity index (χ1n) is 24.9. The SMILES string of the molecule is [2H]C([2H])([2H])c1ccc2[n-]c3c(-c4nc5c(-c6[c-]c7c(cc6)c6cc(-c8ccncc8)ccc6n7-c6cc(C(C)(C)C)ccn6)cccc5n4-c4ccc5c(c4)oc4ccccc45)ccc(C(C)(C)C)c3c2c1.[Pt+2]. The van der Waals surface area contributed by atoms with Gasteiger partial charge in [-0.1, -0.05) is 131 Å². The topological polar surface area (TPSA) is 75.8 Å². The first kappa shape index (κ1) is 40.3. The second-order valence-electron chi connectivity index (χ2n) is 20.3. The fourth-order valence-corrected chi connectivity index (χ4v) is 10.4. The largest absolute Gasteiger partial charge is 2.00 e. The van der Waals surface area contributed by atoms with Crippen LogP contribution >= 0.6 is 0 Å². The number of rotatable bonds is 5. The molecule has 7 nitrogen and oxygen atoms in total. The van der Waals surface area contributed by atoms with Crippen molar-refractivity contribution < 1.29 is 29.6 Å². The van der Waals surface area contributed by atoms with Crippen LogP contribution in [0.2, 0.25) is 0 Å². The monoisotopic (exact) mass is 1090 g/mol. The van der Waals surface area contributed by atoms with E-state index in [0.717, 1.165) is 121 Å². The van der Waals surface area contributed by atoms with E-state index in [-0.39, 0.29) is 37.5 Å². The Kier molecular flexibility index (Phi) is 9.20. The molecule has 0 bridgehead atoms. The molecule has 13 aromatic rings. The Morgan fingerprint density at radius 3 is 2.27 bits per heavy atom. The maximum Gasteiger partial charge on any atom is 2.00 e. The van der Waals surface area contributed by atoms with E-state index < -0.39 is 6.85 Å². The van der Waals surface area contributed by atoms with Gasteiger partial charge in [-0.25, -0.2) is 9.97 Å². The fraction of sp³-hybridized carbons (Fsp3) is 0.145. The summed E-state index contributed by atoms with van der Waals surface area (Å²) in [5.41, 5.74) is 14.6. The van der Waals surface area contributed by atoms with Crippen LogP contribution in [0.15, 0.2) is 169 Å². The second-order valence-corrected chi connectivity index (χ2v) is 20.3. The molecule has 8 heteroatoms. The number of pyridine rings is 2. The number of imidazole rings is 1. The van der Waals surface area contributed by atoms with E-state index in [2.05, 4.69) is 159 Å². The van der Waals surface area contributed by atoms with Crippen molar-refractivity contribution in [2.75, 3.05) is 0 Å². The van der Waals surface area contributed by atoms with E-state index >= 15 is 0 Å². The zero-order valence-corrected chi connectivity index (χ0v) is 41.8. The first-order valence-corrected chi connectivity index (χ1v) is 23.4. The molecule has 0 atom stereocenters. The molecule has 0 radical (unpaired) electrons. The number of hydrogen-bond donors (Lipinski definition) is 0. The summed E-state index contributed by atoms with van der Waals surface area (Å²) in [5.74, 6) is 1.51. The van der Waals surface area contributed by atoms with Gasteiger partial charge >= 0.3 is 21.1 Å². The Morgan fingerprint density at radius 2 is 1.44 bits per heavy atom. The van der Waals surface area contributed by atoms with Gasteiger partial charge in [0.05, 0.1) is 16.7 Å². The average Bonchev–Trinajstić information content (AvgIpc) is 4.14. The third kappa shape index (κ3) is 6.85. The van der Waals surface area contributed by atoms with Crippen molar-refractivity contribution in [2.24, 2.45) is 0 Å². The van der Waals surface area contributed by atoms with E-state index in [1.54, 1.807) is 12.1 Å². The summed E-state index contributed by atoms with van der Waals surface area (Å²) >= 11 is 0. The molecule has 0 spiro atoms. The number of aryl methyl sites for hydroxylation is 1. The Hall–Kier alpha value is -7.60. The summed E-state index contributed by atoms with van der Waals surface area (Å²) in [6.07, 6.45) is 5.56. The molecular weight excluding hydrogens is 1040 g/mol. The summed E-state index contributed by atoms with van der Waals surface area (Å²) in [6.45, 7) is 10.9. The van der Waals surface area contributed by atoms with Gasteiger partial charge in [0.15, 0.2) is 0 Å². The van der Waals surface area contributed by atoms with Crippen LogP contribution in [0.3, 0.4) is 0 Å². The van der Waals surface area contributed by atoms with E-state index in [1.165, 1.54) is 5.56 Å². The van der Waals surface area contributed by atoms with Gasteiger partial charge in [-0.15, -0.1) is 34.8 Å². The van der Waals surface area contributed by atoms with Crippen molar-refractivity contribution in [3.63, 3.8) is 0 Å². The molecule has 0 saturated heterocycles. The number of para-hydroxylation sites is 2. The van der Waals surface area contributed by atoms with Crippen LogP contribution in [0.5, 0.6) is 0 Å². The molecule has 0 aliphatic carbocycles. The van der Waals surface area contributed by atoms with Crippen LogP contribution < -0.4 is 4.98 Å². The molecule has 342 valence electrons. The summed E-state index contributed by atoms with van der Waals surface area (Å²) in [5, 5.41) is 5.97. The van der Waals surface area contributed by atoms with Crippen LogP contribution in [0.4, 0.5) is 0 Å². The van der Waals surface area contributed by atoms with E-state index in [1.807, 2.05) is 55.0 Å². The standard InChI is InChI=1S/C62H48N6O.Pt/c1-36-15-23-50-48(31-36)57-49(62(5,6)7)22-21-46(59(57)65-50)60-66-58-42(12-10-13-52(58)67(60)41-18-20-45-44-11-8-9-14-54(44)69-55(45)35-41)39-16-19-43-47-32-38(37-25-28-63-29-26-37)17-24-51(47)68(53(43)33-39)56-34-40(27-30-64-56)61(2,3)4;/h8-32,34-35H,1-7H3;/q-2;+2/i1D3;. The number of furan rings is 1. The number of nitrogens with zero attached hydrogens (tertiary/aromatic N) is 6. The van der Waals surface area contributed by atoms with Crippen molar-refractivity contribution in [2.45, 2.75) is 59.2 Å². The maximum atomic E-state index is 8.31. The summed E-state index contributed by atoms with van der Waals surface area (Å²) in [6, 6.07) is 53.7. The van der Waals surface area contributed by atoms with Crippen LogP contribution in [-0.2, 0) is 31.9 Å². The first-order chi connectivity index (χ1) is 34.6. The van der Waals surface area contributed by atoms with Gasteiger partial charge in [0.2, 0.25) is 0 Å². The predicted molar refractivity (Wildman–Crippen MR) is 284 cm³/mol. The van der Waals surface area contributed by atoms with E-state index in [0.29, 0.717) is 5.82 Å². The van der Waals surface area contributed by atoms with Crippen LogP contribution in [0.25, 0.3) is 122 Å². The smallest absolute Gasteiger partial charge is 0.656 e. The van der Waals surface area contributed by atoms with Crippen molar-refractivity contribution in [1.29, 1.82) is 0 Å². The number of hydrogen-bond acceptors (Lipinski definition) is 4. The van der Waals surface area contributed by atoms with Gasteiger partial charge in [-0.3, -0.25) is 9.55 Å². The molecule has 6 heterocycles. The zero-order chi connectivity index (χ0) is 49.4. The number of aromatic nitrogens is 6. The quantitative estimate of drug-likeness (QED) is 0.161. The Balaban J connectivity index is 0.00000543. The van der Waals surface area contributed by atoms with E-state index in [9.17, 15) is 0 Å². The number of fused-ring (bicyclic) bond motifs is 10. The van der Waals surface area contributed by atoms with Crippen molar-refractivity contribution in [3.8, 4) is 45.1 Å². The van der Waals surface area contributed by atoms with Crippen molar-refractivity contribution in [1.82, 2.24) is 29.1 Å². The Bertz CT molecular complexity index is 4360. The second kappa shape index (κ2) is 16.0. The normalized spacial score (nSPS) is 13.2. The summed E-state index contributed by atoms with van der Waals surface area (Å²) in [7, 11) is 0. The van der Waals surface area contributed by atoms with Crippen LogP contribution in [0, 0.1) is 12.9 Å². The summed E-state index contributed by atoms with van der Waals surface area (Å²) < 4.78 is 35.9. The fourth-order valence-electron chi connectivity index (χ4n) is 10.4. The molecule has 0 amide bonds. The molecule has 0 aliphatic rings. The molecule has 0 saturated carbocycles. The van der Waals surface area contributed by atoms with Gasteiger partial charge in [0, 0.05) is 50.6 Å². The Morgan fingerprint density at radius 1 is 0.614 bits per heavy atom. The predicted octanol–water partition coefficient (Wildman–Crippen LogP) is 15.8. The molecule has 70 heavy (non-hydrogen) atoms. The van der Waals surface area contributed by atoms with Gasteiger partial charge in [0.1, 0.15) is 22.8 Å². The molecule has 7 aromatic carbocycles. The number of benzene rings is 7. The molecular formula is C62H48N6OPt. The van der Waals surface area contributed by atoms with Crippen molar-refractivity contribution >= 4 is 76.6 Å². The minimum absolute atomic E-state index is 0. The minimum atomic E-state index is -2.28. The van der Waals surface area contributed by atoms with Crippen molar-refractivity contribution in [3.05, 3.63) is 187 Å². The molecule has 6 aromatic heterocycles.